The van der Waals surface area contributed by atoms with E-state index in [9.17, 15) is 9.59 Å². The van der Waals surface area contributed by atoms with Crippen molar-refractivity contribution in [2.75, 3.05) is 6.54 Å². The first-order chi connectivity index (χ1) is 12.3. The van der Waals surface area contributed by atoms with Gasteiger partial charge in [0.2, 0.25) is 5.91 Å². The maximum atomic E-state index is 12.2. The summed E-state index contributed by atoms with van der Waals surface area (Å²) in [5, 5.41) is 15.9. The number of amides is 1. The van der Waals surface area contributed by atoms with Gasteiger partial charge in [0.25, 0.3) is 5.95 Å². The van der Waals surface area contributed by atoms with Crippen LogP contribution >= 0.6 is 0 Å². The van der Waals surface area contributed by atoms with Crippen LogP contribution in [0, 0.1) is 27.7 Å². The molecule has 8 heteroatoms. The topological polar surface area (TPSA) is 110 Å². The van der Waals surface area contributed by atoms with Gasteiger partial charge in [-0.05, 0) is 46.6 Å². The van der Waals surface area contributed by atoms with Gasteiger partial charge in [0.15, 0.2) is 0 Å². The molecule has 26 heavy (non-hydrogen) atoms. The predicted molar refractivity (Wildman–Crippen MR) is 96.3 cm³/mol. The smallest absolute Gasteiger partial charge is 0.303 e. The molecule has 0 saturated carbocycles. The second-order valence-electron chi connectivity index (χ2n) is 6.39. The number of carboxylic acid groups (broad SMARTS) is 1. The fraction of sp³-hybridized carbons (Fsp3) is 0.500. The zero-order valence-corrected chi connectivity index (χ0v) is 15.7. The Morgan fingerprint density at radius 3 is 2.38 bits per heavy atom. The molecule has 0 aromatic carbocycles. The van der Waals surface area contributed by atoms with Crippen LogP contribution < -0.4 is 5.32 Å². The minimum atomic E-state index is -0.816. The summed E-state index contributed by atoms with van der Waals surface area (Å²) in [4.78, 5) is 31.5. The molecule has 2 rings (SSSR count). The van der Waals surface area contributed by atoms with E-state index >= 15 is 0 Å². The first-order valence-corrected chi connectivity index (χ1v) is 8.64. The molecule has 0 atom stereocenters. The zero-order valence-electron chi connectivity index (χ0n) is 15.7. The Morgan fingerprint density at radius 2 is 1.77 bits per heavy atom. The average molecular weight is 359 g/mol. The monoisotopic (exact) mass is 359 g/mol. The second-order valence-corrected chi connectivity index (χ2v) is 6.39. The molecule has 0 aliphatic heterocycles. The van der Waals surface area contributed by atoms with Crippen molar-refractivity contribution in [3.8, 4) is 5.95 Å². The Kier molecular flexibility index (Phi) is 6.43. The second kappa shape index (κ2) is 8.55. The summed E-state index contributed by atoms with van der Waals surface area (Å²) in [6, 6.07) is 1.90. The van der Waals surface area contributed by atoms with E-state index in [0.29, 0.717) is 25.3 Å². The lowest BCUT2D eigenvalue weighted by atomic mass is 10.1. The first kappa shape index (κ1) is 19.6. The van der Waals surface area contributed by atoms with Crippen molar-refractivity contribution in [3.05, 3.63) is 34.4 Å². The van der Waals surface area contributed by atoms with Crippen molar-refractivity contribution in [3.63, 3.8) is 0 Å². The van der Waals surface area contributed by atoms with Gasteiger partial charge in [-0.25, -0.2) is 14.6 Å². The lowest BCUT2D eigenvalue weighted by Gasteiger charge is -2.07. The highest BCUT2D eigenvalue weighted by Crippen LogP contribution is 2.17. The van der Waals surface area contributed by atoms with Gasteiger partial charge < -0.3 is 10.4 Å². The SMILES string of the molecule is Cc1cc(C)nc(-n2nc(C)c(CC(=O)NCCCCC(=O)O)c2C)n1. The molecule has 140 valence electrons. The quantitative estimate of drug-likeness (QED) is 0.696. The van der Waals surface area contributed by atoms with E-state index in [4.69, 9.17) is 5.11 Å². The molecule has 1 amide bonds. The molecular formula is C18H25N5O3. The minimum Gasteiger partial charge on any atom is -0.481 e. The highest BCUT2D eigenvalue weighted by atomic mass is 16.4. The predicted octanol–water partition coefficient (Wildman–Crippen LogP) is 1.81. The van der Waals surface area contributed by atoms with Crippen molar-refractivity contribution in [1.82, 2.24) is 25.1 Å². The maximum Gasteiger partial charge on any atom is 0.303 e. The molecule has 0 saturated heterocycles. The number of rotatable bonds is 8. The molecule has 0 fully saturated rings. The maximum absolute atomic E-state index is 12.2. The first-order valence-electron chi connectivity index (χ1n) is 8.64. The van der Waals surface area contributed by atoms with Crippen LogP contribution in [0.3, 0.4) is 0 Å². The molecule has 0 radical (unpaired) electrons. The van der Waals surface area contributed by atoms with E-state index in [0.717, 1.165) is 28.3 Å². The number of aryl methyl sites for hydroxylation is 3. The summed E-state index contributed by atoms with van der Waals surface area (Å²) >= 11 is 0. The Bertz CT molecular complexity index is 793. The molecule has 2 N–H and O–H groups in total. The Labute approximate surface area is 152 Å². The summed E-state index contributed by atoms with van der Waals surface area (Å²) < 4.78 is 1.67. The minimum absolute atomic E-state index is 0.104. The number of nitrogens with zero attached hydrogens (tertiary/aromatic N) is 4. The van der Waals surface area contributed by atoms with Gasteiger partial charge >= 0.3 is 5.97 Å². The van der Waals surface area contributed by atoms with Gasteiger partial charge in [-0.1, -0.05) is 0 Å². The normalized spacial score (nSPS) is 10.8. The van der Waals surface area contributed by atoms with E-state index < -0.39 is 5.97 Å². The van der Waals surface area contributed by atoms with Crippen LogP contribution in [0.25, 0.3) is 5.95 Å². The third kappa shape index (κ3) is 5.11. The number of nitrogens with one attached hydrogen (secondary N) is 1. The lowest BCUT2D eigenvalue weighted by molar-refractivity contribution is -0.137. The molecule has 0 spiro atoms. The fourth-order valence-corrected chi connectivity index (χ4v) is 2.78. The number of carbonyl (C=O) groups excluding carboxylic acids is 1. The van der Waals surface area contributed by atoms with Crippen LogP contribution in [-0.4, -0.2) is 43.3 Å². The van der Waals surface area contributed by atoms with Crippen LogP contribution in [0.1, 0.15) is 47.6 Å². The van der Waals surface area contributed by atoms with Crippen molar-refractivity contribution < 1.29 is 14.7 Å². The molecule has 2 heterocycles. The van der Waals surface area contributed by atoms with Crippen LogP contribution in [0.4, 0.5) is 0 Å². The fourth-order valence-electron chi connectivity index (χ4n) is 2.78. The molecule has 0 unspecified atom stereocenters. The molecule has 8 nitrogen and oxygen atoms in total. The summed E-state index contributed by atoms with van der Waals surface area (Å²) in [6.07, 6.45) is 1.54. The summed E-state index contributed by atoms with van der Waals surface area (Å²) in [5.41, 5.74) is 4.19. The van der Waals surface area contributed by atoms with E-state index in [1.165, 1.54) is 0 Å². The van der Waals surface area contributed by atoms with E-state index in [1.807, 2.05) is 33.8 Å². The van der Waals surface area contributed by atoms with Gasteiger partial charge in [0.05, 0.1) is 12.1 Å². The summed E-state index contributed by atoms with van der Waals surface area (Å²) in [5.74, 6) is -0.417. The van der Waals surface area contributed by atoms with Crippen molar-refractivity contribution in [2.24, 2.45) is 0 Å². The lowest BCUT2D eigenvalue weighted by Crippen LogP contribution is -2.26. The van der Waals surface area contributed by atoms with Gasteiger partial charge in [-0.3, -0.25) is 9.59 Å². The summed E-state index contributed by atoms with van der Waals surface area (Å²) in [6.45, 7) is 8.04. The average Bonchev–Trinajstić information content (AvgIpc) is 2.81. The summed E-state index contributed by atoms with van der Waals surface area (Å²) in [7, 11) is 0. The molecule has 0 bridgehead atoms. The number of carboxylic acids is 1. The van der Waals surface area contributed by atoms with Crippen LogP contribution in [0.2, 0.25) is 0 Å². The third-order valence-corrected chi connectivity index (χ3v) is 4.08. The van der Waals surface area contributed by atoms with E-state index in [2.05, 4.69) is 20.4 Å². The highest BCUT2D eigenvalue weighted by Gasteiger charge is 2.17. The number of unbranched alkanes of at least 4 members (excludes halogenated alkanes) is 1. The molecule has 2 aromatic heterocycles. The van der Waals surface area contributed by atoms with Crippen molar-refractivity contribution in [2.45, 2.75) is 53.4 Å². The molecule has 0 aliphatic rings. The Hall–Kier alpha value is -2.77. The van der Waals surface area contributed by atoms with Gasteiger partial charge in [0.1, 0.15) is 0 Å². The van der Waals surface area contributed by atoms with E-state index in [1.54, 1.807) is 4.68 Å². The van der Waals surface area contributed by atoms with Crippen LogP contribution in [-0.2, 0) is 16.0 Å². The number of carbonyl (C=O) groups is 2. The number of hydrogen-bond acceptors (Lipinski definition) is 5. The zero-order chi connectivity index (χ0) is 19.3. The van der Waals surface area contributed by atoms with E-state index in [-0.39, 0.29) is 18.7 Å². The Balaban J connectivity index is 2.03. The van der Waals surface area contributed by atoms with Crippen molar-refractivity contribution in [1.29, 1.82) is 0 Å². The highest BCUT2D eigenvalue weighted by molar-refractivity contribution is 5.79. The standard InChI is InChI=1S/C18H25N5O3/c1-11-9-12(2)21-18(20-11)23-14(4)15(13(3)22-23)10-16(24)19-8-6-5-7-17(25)26/h9H,5-8,10H2,1-4H3,(H,19,24)(H,25,26). The van der Waals surface area contributed by atoms with Crippen molar-refractivity contribution >= 4 is 11.9 Å². The van der Waals surface area contributed by atoms with Crippen LogP contribution in [0.15, 0.2) is 6.07 Å². The van der Waals surface area contributed by atoms with Gasteiger partial charge in [-0.15, -0.1) is 0 Å². The third-order valence-electron chi connectivity index (χ3n) is 4.08. The van der Waals surface area contributed by atoms with Gasteiger partial charge in [-0.2, -0.15) is 5.10 Å². The number of aliphatic carboxylic acids is 1. The van der Waals surface area contributed by atoms with Gasteiger partial charge in [0, 0.05) is 35.6 Å². The number of aromatic nitrogens is 4. The van der Waals surface area contributed by atoms with Crippen LogP contribution in [0.5, 0.6) is 0 Å². The molecular weight excluding hydrogens is 334 g/mol. The number of hydrogen-bond donors (Lipinski definition) is 2. The largest absolute Gasteiger partial charge is 0.481 e. The molecule has 2 aromatic rings. The Morgan fingerprint density at radius 1 is 1.12 bits per heavy atom. The molecule has 0 aliphatic carbocycles.